The first-order chi connectivity index (χ1) is 8.15. The van der Waals surface area contributed by atoms with Gasteiger partial charge in [0.1, 0.15) is 5.75 Å². The van der Waals surface area contributed by atoms with Gasteiger partial charge in [-0.3, -0.25) is 0 Å². The van der Waals surface area contributed by atoms with Crippen molar-refractivity contribution >= 4 is 0 Å². The van der Waals surface area contributed by atoms with Gasteiger partial charge in [-0.15, -0.1) is 0 Å². The van der Waals surface area contributed by atoms with Crippen LogP contribution >= 0.6 is 0 Å². The van der Waals surface area contributed by atoms with E-state index in [1.807, 2.05) is 6.07 Å². The van der Waals surface area contributed by atoms with Gasteiger partial charge in [0.05, 0.1) is 0 Å². The van der Waals surface area contributed by atoms with Gasteiger partial charge in [-0.2, -0.15) is 0 Å². The van der Waals surface area contributed by atoms with Gasteiger partial charge in [0.15, 0.2) is 11.5 Å². The molecule has 0 aliphatic carbocycles. The highest BCUT2D eigenvalue weighted by Gasteiger charge is 2.01. The topological polar surface area (TPSA) is 60.7 Å². The van der Waals surface area contributed by atoms with Crippen molar-refractivity contribution in [3.05, 3.63) is 53.6 Å². The zero-order valence-electron chi connectivity index (χ0n) is 9.30. The average molecular weight is 230 g/mol. The number of phenols is 3. The molecule has 0 unspecified atom stereocenters. The average Bonchev–Trinajstić information content (AvgIpc) is 2.31. The molecule has 0 fully saturated rings. The third-order valence-corrected chi connectivity index (χ3v) is 2.65. The summed E-state index contributed by atoms with van der Waals surface area (Å²) in [6.45, 7) is 0. The van der Waals surface area contributed by atoms with E-state index in [-0.39, 0.29) is 17.2 Å². The zero-order chi connectivity index (χ0) is 12.3. The fourth-order valence-corrected chi connectivity index (χ4v) is 1.73. The number of phenolic OH excluding ortho intramolecular Hbond substituents is 3. The molecule has 3 nitrogen and oxygen atoms in total. The highest BCUT2D eigenvalue weighted by Crippen LogP contribution is 2.25. The van der Waals surface area contributed by atoms with Crippen LogP contribution in [0, 0.1) is 0 Å². The van der Waals surface area contributed by atoms with E-state index in [2.05, 4.69) is 0 Å². The Morgan fingerprint density at radius 2 is 1.41 bits per heavy atom. The Morgan fingerprint density at radius 3 is 2.06 bits per heavy atom. The van der Waals surface area contributed by atoms with Crippen molar-refractivity contribution in [1.29, 1.82) is 0 Å². The van der Waals surface area contributed by atoms with E-state index < -0.39 is 0 Å². The van der Waals surface area contributed by atoms with Gasteiger partial charge < -0.3 is 15.3 Å². The van der Waals surface area contributed by atoms with Crippen LogP contribution in [0.15, 0.2) is 42.5 Å². The first-order valence-corrected chi connectivity index (χ1v) is 5.44. The molecule has 0 saturated heterocycles. The van der Waals surface area contributed by atoms with Crippen LogP contribution in [0.1, 0.15) is 11.1 Å². The van der Waals surface area contributed by atoms with E-state index in [0.29, 0.717) is 0 Å². The van der Waals surface area contributed by atoms with Crippen molar-refractivity contribution in [2.24, 2.45) is 0 Å². The summed E-state index contributed by atoms with van der Waals surface area (Å²) in [4.78, 5) is 0. The van der Waals surface area contributed by atoms with E-state index in [1.54, 1.807) is 30.3 Å². The summed E-state index contributed by atoms with van der Waals surface area (Å²) in [6.07, 6.45) is 1.52. The molecule has 0 amide bonds. The maximum Gasteiger partial charge on any atom is 0.157 e. The summed E-state index contributed by atoms with van der Waals surface area (Å²) >= 11 is 0. The maximum absolute atomic E-state index is 9.35. The lowest BCUT2D eigenvalue weighted by molar-refractivity contribution is 0.403. The van der Waals surface area contributed by atoms with E-state index in [1.165, 1.54) is 6.07 Å². The number of benzene rings is 2. The first kappa shape index (κ1) is 11.3. The predicted octanol–water partition coefficient (Wildman–Crippen LogP) is 2.59. The highest BCUT2D eigenvalue weighted by molar-refractivity contribution is 5.40. The van der Waals surface area contributed by atoms with Crippen LogP contribution in [0.3, 0.4) is 0 Å². The third-order valence-electron chi connectivity index (χ3n) is 2.65. The van der Waals surface area contributed by atoms with Crippen LogP contribution in [0.4, 0.5) is 0 Å². The lowest BCUT2D eigenvalue weighted by Crippen LogP contribution is -1.90. The summed E-state index contributed by atoms with van der Waals surface area (Å²) in [5, 5.41) is 27.9. The van der Waals surface area contributed by atoms with Crippen LogP contribution < -0.4 is 0 Å². The van der Waals surface area contributed by atoms with Crippen LogP contribution in [0.25, 0.3) is 0 Å². The molecule has 0 heterocycles. The quantitative estimate of drug-likeness (QED) is 0.710. The molecule has 0 bridgehead atoms. The molecule has 0 aliphatic heterocycles. The van der Waals surface area contributed by atoms with Gasteiger partial charge in [0.2, 0.25) is 0 Å². The molecular weight excluding hydrogens is 216 g/mol. The third kappa shape index (κ3) is 2.91. The Bertz CT molecular complexity index is 521. The van der Waals surface area contributed by atoms with Gasteiger partial charge in [0.25, 0.3) is 0 Å². The molecule has 0 atom stereocenters. The van der Waals surface area contributed by atoms with Crippen molar-refractivity contribution in [3.8, 4) is 17.2 Å². The molecule has 0 spiro atoms. The van der Waals surface area contributed by atoms with Gasteiger partial charge >= 0.3 is 0 Å². The molecule has 2 rings (SSSR count). The van der Waals surface area contributed by atoms with E-state index in [0.717, 1.165) is 24.0 Å². The molecule has 17 heavy (non-hydrogen) atoms. The van der Waals surface area contributed by atoms with Crippen LogP contribution in [0.5, 0.6) is 17.2 Å². The van der Waals surface area contributed by atoms with E-state index >= 15 is 0 Å². The Morgan fingerprint density at radius 1 is 0.706 bits per heavy atom. The molecule has 0 saturated carbocycles. The second-order valence-corrected chi connectivity index (χ2v) is 3.99. The summed E-state index contributed by atoms with van der Waals surface area (Å²) in [5.41, 5.74) is 1.99. The van der Waals surface area contributed by atoms with E-state index in [9.17, 15) is 15.3 Å². The summed E-state index contributed by atoms with van der Waals surface area (Å²) in [7, 11) is 0. The number of hydrogen-bond donors (Lipinski definition) is 3. The van der Waals surface area contributed by atoms with Crippen LogP contribution in [-0.2, 0) is 12.8 Å². The van der Waals surface area contributed by atoms with E-state index in [4.69, 9.17) is 0 Å². The van der Waals surface area contributed by atoms with Crippen molar-refractivity contribution < 1.29 is 15.3 Å². The van der Waals surface area contributed by atoms with Crippen molar-refractivity contribution in [2.75, 3.05) is 0 Å². The van der Waals surface area contributed by atoms with Gasteiger partial charge in [0, 0.05) is 0 Å². The fourth-order valence-electron chi connectivity index (χ4n) is 1.73. The molecule has 0 aromatic heterocycles. The number of aryl methyl sites for hydroxylation is 2. The molecule has 3 heteroatoms. The van der Waals surface area contributed by atoms with Crippen molar-refractivity contribution in [1.82, 2.24) is 0 Å². The van der Waals surface area contributed by atoms with Crippen LogP contribution in [0.2, 0.25) is 0 Å². The molecule has 0 aliphatic rings. The molecule has 88 valence electrons. The van der Waals surface area contributed by atoms with Gasteiger partial charge in [-0.1, -0.05) is 18.2 Å². The predicted molar refractivity (Wildman–Crippen MR) is 65.3 cm³/mol. The second-order valence-electron chi connectivity index (χ2n) is 3.99. The Balaban J connectivity index is 2.05. The molecule has 3 N–H and O–H groups in total. The lowest BCUT2D eigenvalue weighted by Gasteiger charge is -2.04. The number of aromatic hydroxyl groups is 3. The SMILES string of the molecule is Oc1cccc(CCc2ccc(O)c(O)c2)c1. The Hall–Kier alpha value is -2.16. The second kappa shape index (κ2) is 4.78. The Kier molecular flexibility index (Phi) is 3.19. The minimum absolute atomic E-state index is 0.0987. The standard InChI is InChI=1S/C14H14O3/c15-12-3-1-2-10(8-12)4-5-11-6-7-13(16)14(17)9-11/h1-3,6-9,15-17H,4-5H2. The fraction of sp³-hybridized carbons (Fsp3) is 0.143. The molecule has 2 aromatic rings. The minimum Gasteiger partial charge on any atom is -0.508 e. The molecule has 2 aromatic carbocycles. The minimum atomic E-state index is -0.105. The highest BCUT2D eigenvalue weighted by atomic mass is 16.3. The summed E-state index contributed by atoms with van der Waals surface area (Å²) in [6, 6.07) is 11.9. The number of rotatable bonds is 3. The van der Waals surface area contributed by atoms with Crippen LogP contribution in [-0.4, -0.2) is 15.3 Å². The lowest BCUT2D eigenvalue weighted by atomic mass is 10.0. The zero-order valence-corrected chi connectivity index (χ0v) is 9.30. The van der Waals surface area contributed by atoms with Gasteiger partial charge in [-0.25, -0.2) is 0 Å². The summed E-state index contributed by atoms with van der Waals surface area (Å²) in [5.74, 6) is 0.0561. The van der Waals surface area contributed by atoms with Gasteiger partial charge in [-0.05, 0) is 48.2 Å². The Labute approximate surface area is 99.6 Å². The summed E-state index contributed by atoms with van der Waals surface area (Å²) < 4.78 is 0. The number of hydrogen-bond acceptors (Lipinski definition) is 3. The smallest absolute Gasteiger partial charge is 0.157 e. The monoisotopic (exact) mass is 230 g/mol. The first-order valence-electron chi connectivity index (χ1n) is 5.44. The maximum atomic E-state index is 9.35. The molecule has 0 radical (unpaired) electrons. The van der Waals surface area contributed by atoms with Crippen molar-refractivity contribution in [2.45, 2.75) is 12.8 Å². The molecular formula is C14H14O3. The normalized spacial score (nSPS) is 10.4. The largest absolute Gasteiger partial charge is 0.508 e. The van der Waals surface area contributed by atoms with Crippen molar-refractivity contribution in [3.63, 3.8) is 0 Å².